The monoisotopic (exact) mass is 576 g/mol. The molecular weight excluding hydrogens is 544 g/mol. The third-order valence-electron chi connectivity index (χ3n) is 7.01. The molecule has 0 bridgehead atoms. The fourth-order valence-corrected chi connectivity index (χ4v) is 4.77. The SMILES string of the molecule is CCOc1cc(C)c(-c2nc3ccccc3c(=O)n2N=Cc2cccc(OCc3ccc([N+](=O)[O-])cc3)c2)cc1C(C)C. The number of aromatic nitrogens is 2. The van der Waals surface area contributed by atoms with Crippen molar-refractivity contribution in [1.82, 2.24) is 9.66 Å². The van der Waals surface area contributed by atoms with Crippen molar-refractivity contribution in [1.29, 1.82) is 0 Å². The molecule has 0 saturated carbocycles. The smallest absolute Gasteiger partial charge is 0.282 e. The van der Waals surface area contributed by atoms with Gasteiger partial charge in [-0.05, 0) is 90.6 Å². The maximum atomic E-state index is 13.8. The van der Waals surface area contributed by atoms with E-state index in [2.05, 4.69) is 18.9 Å². The number of benzene rings is 4. The molecular formula is C34H32N4O5. The molecule has 5 rings (SSSR count). The molecule has 0 saturated heterocycles. The third-order valence-corrected chi connectivity index (χ3v) is 7.01. The molecule has 5 aromatic rings. The van der Waals surface area contributed by atoms with Gasteiger partial charge in [0.25, 0.3) is 11.2 Å². The van der Waals surface area contributed by atoms with Crippen molar-refractivity contribution < 1.29 is 14.4 Å². The number of nitro benzene ring substituents is 1. The van der Waals surface area contributed by atoms with Gasteiger partial charge in [0.2, 0.25) is 0 Å². The van der Waals surface area contributed by atoms with Gasteiger partial charge in [0.05, 0.1) is 28.6 Å². The Bertz CT molecular complexity index is 1880. The molecule has 0 aliphatic heterocycles. The van der Waals surface area contributed by atoms with Gasteiger partial charge in [0, 0.05) is 17.7 Å². The Balaban J connectivity index is 1.51. The minimum absolute atomic E-state index is 0.0283. The Labute approximate surface area is 249 Å². The average Bonchev–Trinajstić information content (AvgIpc) is 3.00. The van der Waals surface area contributed by atoms with Crippen molar-refractivity contribution in [3.8, 4) is 22.9 Å². The van der Waals surface area contributed by atoms with Crippen molar-refractivity contribution >= 4 is 22.8 Å². The van der Waals surface area contributed by atoms with Crippen LogP contribution in [-0.4, -0.2) is 27.4 Å². The number of hydrogen-bond donors (Lipinski definition) is 0. The largest absolute Gasteiger partial charge is 0.494 e. The summed E-state index contributed by atoms with van der Waals surface area (Å²) >= 11 is 0. The second kappa shape index (κ2) is 12.7. The zero-order valence-corrected chi connectivity index (χ0v) is 24.5. The van der Waals surface area contributed by atoms with Gasteiger partial charge < -0.3 is 9.47 Å². The number of para-hydroxylation sites is 1. The number of hydrogen-bond acceptors (Lipinski definition) is 7. The van der Waals surface area contributed by atoms with E-state index in [-0.39, 0.29) is 23.8 Å². The summed E-state index contributed by atoms with van der Waals surface area (Å²) in [5.41, 5.74) is 4.61. The van der Waals surface area contributed by atoms with Crippen LogP contribution in [0.4, 0.5) is 5.69 Å². The molecule has 1 aromatic heterocycles. The Morgan fingerprint density at radius 2 is 1.77 bits per heavy atom. The van der Waals surface area contributed by atoms with Gasteiger partial charge in [-0.25, -0.2) is 4.98 Å². The van der Waals surface area contributed by atoms with E-state index in [0.717, 1.165) is 33.6 Å². The number of nitro groups is 1. The maximum Gasteiger partial charge on any atom is 0.282 e. The molecule has 0 amide bonds. The van der Waals surface area contributed by atoms with Crippen LogP contribution in [0.25, 0.3) is 22.3 Å². The lowest BCUT2D eigenvalue weighted by Gasteiger charge is -2.18. The highest BCUT2D eigenvalue weighted by Crippen LogP contribution is 2.34. The molecule has 43 heavy (non-hydrogen) atoms. The first-order valence-electron chi connectivity index (χ1n) is 14.0. The zero-order valence-electron chi connectivity index (χ0n) is 24.5. The van der Waals surface area contributed by atoms with Crippen LogP contribution in [0.2, 0.25) is 0 Å². The molecule has 9 heteroatoms. The highest BCUT2D eigenvalue weighted by atomic mass is 16.6. The minimum Gasteiger partial charge on any atom is -0.494 e. The van der Waals surface area contributed by atoms with E-state index in [4.69, 9.17) is 14.5 Å². The number of fused-ring (bicyclic) bond motifs is 1. The second-order valence-corrected chi connectivity index (χ2v) is 10.4. The lowest BCUT2D eigenvalue weighted by molar-refractivity contribution is -0.384. The summed E-state index contributed by atoms with van der Waals surface area (Å²) in [6.45, 7) is 8.94. The normalized spacial score (nSPS) is 11.4. The summed E-state index contributed by atoms with van der Waals surface area (Å²) in [6, 6.07) is 24.8. The molecule has 0 aliphatic rings. The lowest BCUT2D eigenvalue weighted by atomic mass is 9.96. The Kier molecular flexibility index (Phi) is 8.61. The number of non-ortho nitro benzene ring substituents is 1. The van der Waals surface area contributed by atoms with Crippen LogP contribution in [0.3, 0.4) is 0 Å². The molecule has 0 radical (unpaired) electrons. The van der Waals surface area contributed by atoms with Gasteiger partial charge in [-0.2, -0.15) is 9.78 Å². The maximum absolute atomic E-state index is 13.8. The highest BCUT2D eigenvalue weighted by Gasteiger charge is 2.18. The summed E-state index contributed by atoms with van der Waals surface area (Å²) in [6.07, 6.45) is 1.60. The summed E-state index contributed by atoms with van der Waals surface area (Å²) in [5.74, 6) is 2.05. The van der Waals surface area contributed by atoms with E-state index >= 15 is 0 Å². The first-order valence-corrected chi connectivity index (χ1v) is 14.0. The van der Waals surface area contributed by atoms with Crippen LogP contribution in [0.1, 0.15) is 48.9 Å². The second-order valence-electron chi connectivity index (χ2n) is 10.4. The number of rotatable bonds is 10. The molecule has 0 aliphatic carbocycles. The van der Waals surface area contributed by atoms with Crippen LogP contribution in [-0.2, 0) is 6.61 Å². The van der Waals surface area contributed by atoms with E-state index in [1.807, 2.05) is 68.4 Å². The summed E-state index contributed by atoms with van der Waals surface area (Å²) in [4.78, 5) is 29.1. The quantitative estimate of drug-likeness (QED) is 0.0983. The molecule has 4 aromatic carbocycles. The fourth-order valence-electron chi connectivity index (χ4n) is 4.77. The van der Waals surface area contributed by atoms with Crippen LogP contribution in [0, 0.1) is 17.0 Å². The van der Waals surface area contributed by atoms with Crippen LogP contribution >= 0.6 is 0 Å². The summed E-state index contributed by atoms with van der Waals surface area (Å²) < 4.78 is 13.2. The van der Waals surface area contributed by atoms with Crippen molar-refractivity contribution in [2.24, 2.45) is 5.10 Å². The molecule has 0 unspecified atom stereocenters. The summed E-state index contributed by atoms with van der Waals surface area (Å²) in [7, 11) is 0. The van der Waals surface area contributed by atoms with Gasteiger partial charge in [-0.15, -0.1) is 0 Å². The van der Waals surface area contributed by atoms with Gasteiger partial charge in [-0.3, -0.25) is 14.9 Å². The molecule has 0 fully saturated rings. The number of nitrogens with zero attached hydrogens (tertiary/aromatic N) is 4. The molecule has 1 heterocycles. The van der Waals surface area contributed by atoms with Crippen LogP contribution in [0.15, 0.2) is 94.8 Å². The van der Waals surface area contributed by atoms with Crippen molar-refractivity contribution in [2.45, 2.75) is 40.2 Å². The number of ether oxygens (including phenoxy) is 2. The van der Waals surface area contributed by atoms with Crippen LogP contribution in [0.5, 0.6) is 11.5 Å². The van der Waals surface area contributed by atoms with Crippen molar-refractivity contribution in [2.75, 3.05) is 6.61 Å². The van der Waals surface area contributed by atoms with Crippen molar-refractivity contribution in [3.05, 3.63) is 128 Å². The van der Waals surface area contributed by atoms with Gasteiger partial charge in [-0.1, -0.05) is 38.1 Å². The summed E-state index contributed by atoms with van der Waals surface area (Å²) in [5, 5.41) is 16.0. The van der Waals surface area contributed by atoms with E-state index in [1.54, 1.807) is 24.4 Å². The average molecular weight is 577 g/mol. The van der Waals surface area contributed by atoms with Gasteiger partial charge in [0.1, 0.15) is 18.1 Å². The van der Waals surface area contributed by atoms with Crippen molar-refractivity contribution in [3.63, 3.8) is 0 Å². The Morgan fingerprint density at radius 1 is 1.00 bits per heavy atom. The predicted octanol–water partition coefficient (Wildman–Crippen LogP) is 7.26. The minimum atomic E-state index is -0.435. The predicted molar refractivity (Wildman–Crippen MR) is 168 cm³/mol. The molecule has 0 N–H and O–H groups in total. The lowest BCUT2D eigenvalue weighted by Crippen LogP contribution is -2.20. The van der Waals surface area contributed by atoms with E-state index in [9.17, 15) is 14.9 Å². The molecule has 0 spiro atoms. The van der Waals surface area contributed by atoms with Gasteiger partial charge >= 0.3 is 0 Å². The third kappa shape index (κ3) is 6.46. The fraction of sp³-hybridized carbons (Fsp3) is 0.206. The molecule has 9 nitrogen and oxygen atoms in total. The molecule has 218 valence electrons. The van der Waals surface area contributed by atoms with E-state index in [1.165, 1.54) is 16.8 Å². The number of aryl methyl sites for hydroxylation is 1. The topological polar surface area (TPSA) is 109 Å². The Hall–Kier alpha value is -5.31. The van der Waals surface area contributed by atoms with Crippen LogP contribution < -0.4 is 15.0 Å². The standard InChI is InChI=1S/C34H32N4O5/c1-5-42-32-17-23(4)30(19-29(32)22(2)3)33-36-31-12-7-6-11-28(31)34(39)37(33)35-20-25-9-8-10-27(18-25)43-21-24-13-15-26(16-14-24)38(40)41/h6-20,22H,5,21H2,1-4H3. The van der Waals surface area contributed by atoms with E-state index in [0.29, 0.717) is 29.1 Å². The van der Waals surface area contributed by atoms with E-state index < -0.39 is 4.92 Å². The van der Waals surface area contributed by atoms with Gasteiger partial charge in [0.15, 0.2) is 5.82 Å². The Morgan fingerprint density at radius 3 is 2.49 bits per heavy atom. The zero-order chi connectivity index (χ0) is 30.5. The first-order chi connectivity index (χ1) is 20.7. The highest BCUT2D eigenvalue weighted by molar-refractivity contribution is 5.82. The molecule has 0 atom stereocenters. The first kappa shape index (κ1) is 29.2.